The van der Waals surface area contributed by atoms with E-state index in [1.165, 1.54) is 6.08 Å². The van der Waals surface area contributed by atoms with E-state index in [1.54, 1.807) is 17.9 Å². The second-order valence-electron chi connectivity index (χ2n) is 9.55. The van der Waals surface area contributed by atoms with Gasteiger partial charge in [-0.05, 0) is 52.2 Å². The van der Waals surface area contributed by atoms with E-state index in [0.717, 1.165) is 0 Å². The fourth-order valence-electron chi connectivity index (χ4n) is 2.60. The average Bonchev–Trinajstić information content (AvgIpc) is 2.84. The summed E-state index contributed by atoms with van der Waals surface area (Å²) in [6, 6.07) is -0.251. The van der Waals surface area contributed by atoms with Crippen molar-refractivity contribution in [2.45, 2.75) is 90.8 Å². The van der Waals surface area contributed by atoms with Gasteiger partial charge in [-0.15, -0.1) is 0 Å². The van der Waals surface area contributed by atoms with Crippen LogP contribution in [0.2, 0.25) is 18.1 Å². The van der Waals surface area contributed by atoms with Crippen molar-refractivity contribution < 1.29 is 23.5 Å². The number of hydrogen-bond donors (Lipinski definition) is 0. The molecule has 1 heterocycles. The Bertz CT molecular complexity index is 560. The first-order chi connectivity index (χ1) is 12.2. The van der Waals surface area contributed by atoms with Crippen molar-refractivity contribution in [1.82, 2.24) is 4.90 Å². The van der Waals surface area contributed by atoms with Gasteiger partial charge < -0.3 is 13.9 Å². The highest BCUT2D eigenvalue weighted by Gasteiger charge is 2.43. The highest BCUT2D eigenvalue weighted by Crippen LogP contribution is 2.39. The SMILES string of the molecule is CCOC(=O)/C=C/C1C[C@@H](O[Si](C)(C)C(C)(C)C)CN1C(=O)OC(C)(C)C. The summed E-state index contributed by atoms with van der Waals surface area (Å²) in [5.41, 5.74) is -0.579. The highest BCUT2D eigenvalue weighted by molar-refractivity contribution is 6.74. The number of hydrogen-bond acceptors (Lipinski definition) is 5. The minimum absolute atomic E-state index is 0.0738. The molecule has 0 N–H and O–H groups in total. The number of amides is 1. The van der Waals surface area contributed by atoms with Gasteiger partial charge >= 0.3 is 12.1 Å². The number of carbonyl (C=O) groups excluding carboxylic acids is 2. The van der Waals surface area contributed by atoms with Crippen molar-refractivity contribution >= 4 is 20.4 Å². The molecule has 0 spiro atoms. The Labute approximate surface area is 165 Å². The Balaban J connectivity index is 2.95. The van der Waals surface area contributed by atoms with Crippen LogP contribution in [-0.4, -0.2) is 56.2 Å². The Kier molecular flexibility index (Phi) is 7.70. The fourth-order valence-corrected chi connectivity index (χ4v) is 3.96. The van der Waals surface area contributed by atoms with Crippen molar-refractivity contribution in [2.75, 3.05) is 13.2 Å². The van der Waals surface area contributed by atoms with Crippen molar-refractivity contribution in [3.63, 3.8) is 0 Å². The van der Waals surface area contributed by atoms with E-state index in [0.29, 0.717) is 19.6 Å². The molecule has 0 aromatic rings. The Morgan fingerprint density at radius 1 is 1.15 bits per heavy atom. The van der Waals surface area contributed by atoms with E-state index in [2.05, 4.69) is 33.9 Å². The lowest BCUT2D eigenvalue weighted by Crippen LogP contribution is -2.45. The third-order valence-electron chi connectivity index (χ3n) is 4.94. The zero-order valence-corrected chi connectivity index (χ0v) is 19.4. The molecule has 7 heteroatoms. The second kappa shape index (κ2) is 8.77. The zero-order valence-electron chi connectivity index (χ0n) is 18.4. The number of rotatable bonds is 5. The number of esters is 1. The predicted molar refractivity (Wildman–Crippen MR) is 109 cm³/mol. The molecule has 1 saturated heterocycles. The van der Waals surface area contributed by atoms with Gasteiger partial charge in [-0.3, -0.25) is 4.90 Å². The summed E-state index contributed by atoms with van der Waals surface area (Å²) < 4.78 is 17.0. The molecule has 1 unspecified atom stereocenters. The van der Waals surface area contributed by atoms with E-state index in [-0.39, 0.29) is 23.3 Å². The van der Waals surface area contributed by atoms with Gasteiger partial charge in [0.2, 0.25) is 0 Å². The molecule has 1 rings (SSSR count). The van der Waals surface area contributed by atoms with E-state index in [9.17, 15) is 9.59 Å². The minimum atomic E-state index is -1.96. The van der Waals surface area contributed by atoms with Crippen LogP contribution in [0.4, 0.5) is 4.79 Å². The molecule has 0 aromatic heterocycles. The summed E-state index contributed by atoms with van der Waals surface area (Å²) in [4.78, 5) is 26.0. The van der Waals surface area contributed by atoms with E-state index in [1.807, 2.05) is 20.8 Å². The summed E-state index contributed by atoms with van der Waals surface area (Å²) in [6.45, 7) is 19.0. The van der Waals surface area contributed by atoms with Crippen molar-refractivity contribution in [2.24, 2.45) is 0 Å². The van der Waals surface area contributed by atoms with Crippen LogP contribution in [0.5, 0.6) is 0 Å². The van der Waals surface area contributed by atoms with Crippen LogP contribution in [0, 0.1) is 0 Å². The van der Waals surface area contributed by atoms with E-state index < -0.39 is 19.9 Å². The molecular weight excluding hydrogens is 362 g/mol. The normalized spacial score (nSPS) is 21.6. The van der Waals surface area contributed by atoms with Gasteiger partial charge in [0.1, 0.15) is 5.60 Å². The van der Waals surface area contributed by atoms with Crippen LogP contribution in [0.15, 0.2) is 12.2 Å². The summed E-state index contributed by atoms with van der Waals surface area (Å²) in [7, 11) is -1.96. The minimum Gasteiger partial charge on any atom is -0.463 e. The summed E-state index contributed by atoms with van der Waals surface area (Å²) >= 11 is 0. The lowest BCUT2D eigenvalue weighted by molar-refractivity contribution is -0.137. The lowest BCUT2D eigenvalue weighted by atomic mass is 10.2. The van der Waals surface area contributed by atoms with Crippen LogP contribution in [-0.2, 0) is 18.7 Å². The van der Waals surface area contributed by atoms with Gasteiger partial charge in [0, 0.05) is 12.6 Å². The van der Waals surface area contributed by atoms with Gasteiger partial charge in [0.25, 0.3) is 0 Å². The maximum Gasteiger partial charge on any atom is 0.410 e. The monoisotopic (exact) mass is 399 g/mol. The molecule has 0 aliphatic carbocycles. The van der Waals surface area contributed by atoms with Gasteiger partial charge in [-0.2, -0.15) is 0 Å². The Morgan fingerprint density at radius 2 is 1.74 bits per heavy atom. The molecule has 6 nitrogen and oxygen atoms in total. The van der Waals surface area contributed by atoms with Gasteiger partial charge in [0.05, 0.1) is 18.8 Å². The van der Waals surface area contributed by atoms with E-state index >= 15 is 0 Å². The molecule has 1 aliphatic rings. The summed E-state index contributed by atoms with van der Waals surface area (Å²) in [6.07, 6.45) is 3.29. The smallest absolute Gasteiger partial charge is 0.410 e. The van der Waals surface area contributed by atoms with Crippen LogP contribution in [0.25, 0.3) is 0 Å². The van der Waals surface area contributed by atoms with Gasteiger partial charge in [0.15, 0.2) is 8.32 Å². The fraction of sp³-hybridized carbons (Fsp3) is 0.800. The van der Waals surface area contributed by atoms with Crippen LogP contribution < -0.4 is 0 Å². The average molecular weight is 400 g/mol. The van der Waals surface area contributed by atoms with Gasteiger partial charge in [-0.25, -0.2) is 9.59 Å². The third kappa shape index (κ3) is 7.29. The van der Waals surface area contributed by atoms with Crippen LogP contribution in [0.3, 0.4) is 0 Å². The van der Waals surface area contributed by atoms with Crippen molar-refractivity contribution in [3.8, 4) is 0 Å². The molecule has 156 valence electrons. The predicted octanol–water partition coefficient (Wildman–Crippen LogP) is 4.51. The summed E-state index contributed by atoms with van der Waals surface area (Å²) in [5, 5.41) is 0.0859. The first-order valence-corrected chi connectivity index (χ1v) is 12.6. The first-order valence-electron chi connectivity index (χ1n) is 9.68. The quantitative estimate of drug-likeness (QED) is 0.387. The molecule has 0 bridgehead atoms. The molecular formula is C20H37NO5Si. The van der Waals surface area contributed by atoms with Crippen molar-refractivity contribution in [1.29, 1.82) is 0 Å². The molecule has 1 fully saturated rings. The lowest BCUT2D eigenvalue weighted by Gasteiger charge is -2.38. The van der Waals surface area contributed by atoms with Crippen LogP contribution >= 0.6 is 0 Å². The molecule has 1 aliphatic heterocycles. The van der Waals surface area contributed by atoms with Crippen molar-refractivity contribution in [3.05, 3.63) is 12.2 Å². The maximum absolute atomic E-state index is 12.7. The molecule has 2 atom stereocenters. The Hall–Kier alpha value is -1.34. The van der Waals surface area contributed by atoms with Gasteiger partial charge in [-0.1, -0.05) is 26.8 Å². The first kappa shape index (κ1) is 23.7. The Morgan fingerprint density at radius 3 is 2.22 bits per heavy atom. The number of nitrogens with zero attached hydrogens (tertiary/aromatic N) is 1. The third-order valence-corrected chi connectivity index (χ3v) is 9.48. The number of likely N-dealkylation sites (tertiary alicyclic amines) is 1. The topological polar surface area (TPSA) is 65.1 Å². The summed E-state index contributed by atoms with van der Waals surface area (Å²) in [5.74, 6) is -0.407. The standard InChI is InChI=1S/C20H37NO5Si/c1-10-24-17(22)12-11-15-13-16(26-27(8,9)20(5,6)7)14-21(15)18(23)25-19(2,3)4/h11-12,15-16H,10,13-14H2,1-9H3/b12-11+/t15?,16-/m1/s1. The highest BCUT2D eigenvalue weighted by atomic mass is 28.4. The number of carbonyl (C=O) groups is 2. The second-order valence-corrected chi connectivity index (χ2v) is 14.3. The number of ether oxygens (including phenoxy) is 2. The largest absolute Gasteiger partial charge is 0.463 e. The van der Waals surface area contributed by atoms with Crippen LogP contribution in [0.1, 0.15) is 54.9 Å². The molecule has 0 radical (unpaired) electrons. The maximum atomic E-state index is 12.7. The molecule has 0 aromatic carbocycles. The molecule has 1 amide bonds. The van der Waals surface area contributed by atoms with E-state index in [4.69, 9.17) is 13.9 Å². The molecule has 27 heavy (non-hydrogen) atoms. The molecule has 0 saturated carbocycles. The zero-order chi connectivity index (χ0) is 21.0.